The molecule has 0 aliphatic carbocycles. The van der Waals surface area contributed by atoms with Crippen LogP contribution in [0, 0.1) is 11.2 Å². The van der Waals surface area contributed by atoms with E-state index >= 15 is 0 Å². The second-order valence-electron chi connectivity index (χ2n) is 8.09. The maximum atomic E-state index is 13.1. The largest absolute Gasteiger partial charge is 0.474 e. The van der Waals surface area contributed by atoms with Gasteiger partial charge in [0.1, 0.15) is 12.4 Å². The highest BCUT2D eigenvalue weighted by Crippen LogP contribution is 2.38. The Labute approximate surface area is 171 Å². The van der Waals surface area contributed by atoms with Gasteiger partial charge < -0.3 is 9.84 Å². The third-order valence-electron chi connectivity index (χ3n) is 5.19. The summed E-state index contributed by atoms with van der Waals surface area (Å²) in [5.74, 6) is -0.125. The molecule has 1 aromatic carbocycles. The molecule has 1 aromatic rings. The molecule has 0 spiro atoms. The number of hydrogen-bond donors (Lipinski definition) is 2. The summed E-state index contributed by atoms with van der Waals surface area (Å²) in [6.45, 7) is 11.8. The third-order valence-corrected chi connectivity index (χ3v) is 6.40. The minimum Gasteiger partial charge on any atom is -0.474 e. The molecule has 1 unspecified atom stereocenters. The van der Waals surface area contributed by atoms with Crippen LogP contribution in [0.15, 0.2) is 52.3 Å². The van der Waals surface area contributed by atoms with Gasteiger partial charge in [0.2, 0.25) is 5.91 Å². The lowest BCUT2D eigenvalue weighted by molar-refractivity contribution is -0.122. The summed E-state index contributed by atoms with van der Waals surface area (Å²) in [6.07, 6.45) is 2.10. The van der Waals surface area contributed by atoms with Crippen LogP contribution in [0.4, 0.5) is 4.39 Å². The van der Waals surface area contributed by atoms with Crippen LogP contribution in [0.25, 0.3) is 0 Å². The van der Waals surface area contributed by atoms with E-state index in [4.69, 9.17) is 4.74 Å². The molecule has 1 atom stereocenters. The van der Waals surface area contributed by atoms with E-state index in [0.29, 0.717) is 12.5 Å². The van der Waals surface area contributed by atoms with Crippen LogP contribution >= 0.6 is 11.8 Å². The predicted octanol–water partition coefficient (Wildman–Crippen LogP) is 4.80. The van der Waals surface area contributed by atoms with Gasteiger partial charge in [0, 0.05) is 16.4 Å². The van der Waals surface area contributed by atoms with Crippen LogP contribution < -0.4 is 5.32 Å². The fourth-order valence-corrected chi connectivity index (χ4v) is 3.86. The van der Waals surface area contributed by atoms with Gasteiger partial charge in [-0.3, -0.25) is 10.1 Å². The second kappa shape index (κ2) is 8.70. The summed E-state index contributed by atoms with van der Waals surface area (Å²) in [5.41, 5.74) is 1.66. The van der Waals surface area contributed by atoms with Crippen LogP contribution in [0.5, 0.6) is 0 Å². The SMILES string of the molecule is CCC1=C(C(C)(C)C(C)O)C=C(NC(=O)C(C)(C)Sc2ccc(F)cc2)OC1. The molecule has 1 aliphatic rings. The molecular formula is C22H30FNO3S. The number of rotatable bonds is 7. The first kappa shape index (κ1) is 22.5. The number of carbonyl (C=O) groups excluding carboxylic acids is 1. The Bertz CT molecular complexity index is 779. The van der Waals surface area contributed by atoms with Crippen molar-refractivity contribution in [1.29, 1.82) is 0 Å². The number of nitrogens with one attached hydrogen (secondary N) is 1. The number of hydrogen-bond acceptors (Lipinski definition) is 4. The first-order valence-corrected chi connectivity index (χ1v) is 10.3. The zero-order valence-corrected chi connectivity index (χ0v) is 18.2. The molecule has 0 radical (unpaired) electrons. The first-order chi connectivity index (χ1) is 13.0. The van der Waals surface area contributed by atoms with Gasteiger partial charge in [-0.1, -0.05) is 20.8 Å². The summed E-state index contributed by atoms with van der Waals surface area (Å²) in [4.78, 5) is 13.7. The average Bonchev–Trinajstić information content (AvgIpc) is 2.63. The maximum absolute atomic E-state index is 13.1. The van der Waals surface area contributed by atoms with Gasteiger partial charge in [0.25, 0.3) is 0 Å². The molecule has 0 fully saturated rings. The van der Waals surface area contributed by atoms with E-state index in [1.54, 1.807) is 19.1 Å². The summed E-state index contributed by atoms with van der Waals surface area (Å²) in [5, 5.41) is 13.1. The van der Waals surface area contributed by atoms with Crippen molar-refractivity contribution in [3.05, 3.63) is 53.2 Å². The average molecular weight is 408 g/mol. The monoisotopic (exact) mass is 407 g/mol. The van der Waals surface area contributed by atoms with E-state index in [1.807, 2.05) is 33.8 Å². The Morgan fingerprint density at radius 3 is 2.43 bits per heavy atom. The number of allylic oxidation sites excluding steroid dienone is 1. The van der Waals surface area contributed by atoms with Crippen LogP contribution in [0.2, 0.25) is 0 Å². The standard InChI is InChI=1S/C22H30FNO3S/c1-7-15-13-27-19(12-18(15)21(3,4)14(2)25)24-20(26)22(5,6)28-17-10-8-16(23)9-11-17/h8-12,14,25H,7,13H2,1-6H3,(H,24,26). The van der Waals surface area contributed by atoms with E-state index in [2.05, 4.69) is 12.2 Å². The number of aliphatic hydroxyl groups excluding tert-OH is 1. The van der Waals surface area contributed by atoms with E-state index in [1.165, 1.54) is 23.9 Å². The number of halogens is 1. The van der Waals surface area contributed by atoms with Crippen molar-refractivity contribution in [3.63, 3.8) is 0 Å². The summed E-state index contributed by atoms with van der Waals surface area (Å²) in [7, 11) is 0. The summed E-state index contributed by atoms with van der Waals surface area (Å²) >= 11 is 1.35. The molecule has 1 amide bonds. The molecule has 28 heavy (non-hydrogen) atoms. The fourth-order valence-electron chi connectivity index (χ4n) is 2.85. The van der Waals surface area contributed by atoms with Crippen LogP contribution in [0.3, 0.4) is 0 Å². The molecular weight excluding hydrogens is 377 g/mol. The lowest BCUT2D eigenvalue weighted by Gasteiger charge is -2.35. The third kappa shape index (κ3) is 5.17. The van der Waals surface area contributed by atoms with Crippen LogP contribution in [0.1, 0.15) is 48.0 Å². The van der Waals surface area contributed by atoms with Crippen molar-refractivity contribution in [3.8, 4) is 0 Å². The molecule has 1 heterocycles. The van der Waals surface area contributed by atoms with Crippen molar-refractivity contribution < 1.29 is 19.0 Å². The smallest absolute Gasteiger partial charge is 0.242 e. The van der Waals surface area contributed by atoms with E-state index in [-0.39, 0.29) is 11.7 Å². The normalized spacial score (nSPS) is 16.4. The fraction of sp³-hybridized carbons (Fsp3) is 0.500. The van der Waals surface area contributed by atoms with Crippen molar-refractivity contribution in [2.24, 2.45) is 5.41 Å². The summed E-state index contributed by atoms with van der Waals surface area (Å²) < 4.78 is 18.1. The molecule has 6 heteroatoms. The number of thioether (sulfide) groups is 1. The predicted molar refractivity (Wildman–Crippen MR) is 111 cm³/mol. The van der Waals surface area contributed by atoms with Gasteiger partial charge in [0.05, 0.1) is 10.9 Å². The number of benzene rings is 1. The Balaban J connectivity index is 2.19. The maximum Gasteiger partial charge on any atom is 0.242 e. The van der Waals surface area contributed by atoms with E-state index < -0.39 is 16.3 Å². The number of aliphatic hydroxyl groups is 1. The van der Waals surface area contributed by atoms with Gasteiger partial charge in [-0.15, -0.1) is 11.8 Å². The first-order valence-electron chi connectivity index (χ1n) is 9.48. The molecule has 0 aromatic heterocycles. The highest BCUT2D eigenvalue weighted by molar-refractivity contribution is 8.01. The molecule has 154 valence electrons. The molecule has 2 N–H and O–H groups in total. The zero-order valence-electron chi connectivity index (χ0n) is 17.4. The Hall–Kier alpha value is -1.79. The van der Waals surface area contributed by atoms with Gasteiger partial charge in [-0.05, 0) is 62.6 Å². The van der Waals surface area contributed by atoms with Gasteiger partial charge >= 0.3 is 0 Å². The Kier molecular flexibility index (Phi) is 6.99. The summed E-state index contributed by atoms with van der Waals surface area (Å²) in [6, 6.07) is 6.07. The number of amides is 1. The highest BCUT2D eigenvalue weighted by Gasteiger charge is 2.34. The van der Waals surface area contributed by atoms with Crippen molar-refractivity contribution in [2.45, 2.75) is 63.7 Å². The van der Waals surface area contributed by atoms with E-state index in [0.717, 1.165) is 22.5 Å². The number of carbonyl (C=O) groups is 1. The van der Waals surface area contributed by atoms with E-state index in [9.17, 15) is 14.3 Å². The zero-order chi connectivity index (χ0) is 21.1. The van der Waals surface area contributed by atoms with Crippen LogP contribution in [-0.4, -0.2) is 28.5 Å². The minimum absolute atomic E-state index is 0.206. The molecule has 0 saturated carbocycles. The quantitative estimate of drug-likeness (QED) is 0.638. The van der Waals surface area contributed by atoms with Crippen molar-refractivity contribution in [2.75, 3.05) is 6.61 Å². The minimum atomic E-state index is -0.781. The van der Waals surface area contributed by atoms with Crippen LogP contribution in [-0.2, 0) is 9.53 Å². The van der Waals surface area contributed by atoms with Crippen molar-refractivity contribution >= 4 is 17.7 Å². The van der Waals surface area contributed by atoms with Gasteiger partial charge in [-0.25, -0.2) is 4.39 Å². The van der Waals surface area contributed by atoms with Gasteiger partial charge in [0.15, 0.2) is 5.88 Å². The Morgan fingerprint density at radius 2 is 1.89 bits per heavy atom. The highest BCUT2D eigenvalue weighted by atomic mass is 32.2. The molecule has 0 saturated heterocycles. The number of ether oxygens (including phenoxy) is 1. The second-order valence-corrected chi connectivity index (χ2v) is 9.78. The molecule has 1 aliphatic heterocycles. The van der Waals surface area contributed by atoms with Crippen molar-refractivity contribution in [1.82, 2.24) is 5.32 Å². The molecule has 4 nitrogen and oxygen atoms in total. The Morgan fingerprint density at radius 1 is 1.29 bits per heavy atom. The van der Waals surface area contributed by atoms with Gasteiger partial charge in [-0.2, -0.15) is 0 Å². The lowest BCUT2D eigenvalue weighted by atomic mass is 9.76. The lowest BCUT2D eigenvalue weighted by Crippen LogP contribution is -2.41. The topological polar surface area (TPSA) is 58.6 Å². The molecule has 2 rings (SSSR count). The molecule has 0 bridgehead atoms.